The van der Waals surface area contributed by atoms with Crippen molar-refractivity contribution in [2.45, 2.75) is 32.2 Å². The third-order valence-corrected chi connectivity index (χ3v) is 6.40. The molecule has 2 heterocycles. The zero-order chi connectivity index (χ0) is 23.9. The fourth-order valence-corrected chi connectivity index (χ4v) is 4.42. The number of hydrogen-bond acceptors (Lipinski definition) is 5. The molecular formula is C25H30N6O3. The average molecular weight is 463 g/mol. The molecule has 1 saturated carbocycles. The summed E-state index contributed by atoms with van der Waals surface area (Å²) in [5.41, 5.74) is 10.4. The number of nitrogens with one attached hydrogen (secondary N) is 3. The Kier molecular flexibility index (Phi) is 7.54. The topological polar surface area (TPSA) is 146 Å². The van der Waals surface area contributed by atoms with Gasteiger partial charge in [-0.05, 0) is 61.3 Å². The summed E-state index contributed by atoms with van der Waals surface area (Å²) in [5.74, 6) is 0.617. The summed E-state index contributed by atoms with van der Waals surface area (Å²) < 4.78 is 0. The highest BCUT2D eigenvalue weighted by molar-refractivity contribution is 5.96. The van der Waals surface area contributed by atoms with E-state index in [9.17, 15) is 9.59 Å². The molecule has 1 fully saturated rings. The van der Waals surface area contributed by atoms with Crippen molar-refractivity contribution in [3.8, 4) is 22.5 Å². The molecular weight excluding hydrogens is 432 g/mol. The van der Waals surface area contributed by atoms with E-state index in [1.165, 1.54) is 0 Å². The molecule has 178 valence electrons. The highest BCUT2D eigenvalue weighted by Crippen LogP contribution is 2.28. The van der Waals surface area contributed by atoms with Gasteiger partial charge in [0, 0.05) is 42.5 Å². The molecule has 1 aliphatic carbocycles. The van der Waals surface area contributed by atoms with Gasteiger partial charge >= 0.3 is 6.09 Å². The summed E-state index contributed by atoms with van der Waals surface area (Å²) in [6, 6.07) is 11.4. The minimum Gasteiger partial charge on any atom is -0.465 e. The fourth-order valence-electron chi connectivity index (χ4n) is 4.42. The van der Waals surface area contributed by atoms with Gasteiger partial charge in [-0.25, -0.2) is 9.78 Å². The molecule has 2 amide bonds. The van der Waals surface area contributed by atoms with E-state index in [2.05, 4.69) is 20.8 Å². The Balaban J connectivity index is 1.46. The van der Waals surface area contributed by atoms with Crippen molar-refractivity contribution >= 4 is 12.0 Å². The van der Waals surface area contributed by atoms with Gasteiger partial charge in [-0.1, -0.05) is 18.2 Å². The van der Waals surface area contributed by atoms with Crippen molar-refractivity contribution in [3.63, 3.8) is 0 Å². The molecule has 1 aromatic carbocycles. The molecule has 1 aliphatic rings. The lowest BCUT2D eigenvalue weighted by Gasteiger charge is -2.28. The standard InChI is InChI=1S/C25H30N6O3/c26-11-18-2-1-3-19(8-18)22-9-20(10-23(31-22)21-14-29-30-15-21)24(32)27-12-16-4-6-17(7-5-16)13-28-25(33)34/h1-3,8-10,14-17,28H,4-7,11-13,26H2,(H,27,32)(H,29,30)(H,33,34)/t16-,17-. The highest BCUT2D eigenvalue weighted by atomic mass is 16.4. The number of aromatic nitrogens is 3. The minimum absolute atomic E-state index is 0.141. The number of nitrogens with zero attached hydrogens (tertiary/aromatic N) is 2. The van der Waals surface area contributed by atoms with Crippen LogP contribution >= 0.6 is 0 Å². The number of pyridine rings is 1. The Labute approximate surface area is 198 Å². The lowest BCUT2D eigenvalue weighted by Crippen LogP contribution is -2.34. The fraction of sp³-hybridized carbons (Fsp3) is 0.360. The molecule has 6 N–H and O–H groups in total. The molecule has 0 unspecified atom stereocenters. The largest absolute Gasteiger partial charge is 0.465 e. The summed E-state index contributed by atoms with van der Waals surface area (Å²) >= 11 is 0. The first-order valence-corrected chi connectivity index (χ1v) is 11.6. The maximum atomic E-state index is 13.1. The smallest absolute Gasteiger partial charge is 0.404 e. The number of H-pyrrole nitrogens is 1. The summed E-state index contributed by atoms with van der Waals surface area (Å²) in [5, 5.41) is 21.1. The number of benzene rings is 1. The van der Waals surface area contributed by atoms with E-state index in [1.807, 2.05) is 30.3 Å². The molecule has 4 rings (SSSR count). The van der Waals surface area contributed by atoms with Crippen molar-refractivity contribution < 1.29 is 14.7 Å². The maximum Gasteiger partial charge on any atom is 0.404 e. The predicted molar refractivity (Wildman–Crippen MR) is 129 cm³/mol. The summed E-state index contributed by atoms with van der Waals surface area (Å²) in [7, 11) is 0. The normalized spacial score (nSPS) is 17.8. The van der Waals surface area contributed by atoms with Crippen molar-refractivity contribution in [1.29, 1.82) is 0 Å². The van der Waals surface area contributed by atoms with Gasteiger partial charge in [0.2, 0.25) is 0 Å². The molecule has 9 nitrogen and oxygen atoms in total. The van der Waals surface area contributed by atoms with Crippen LogP contribution in [0.25, 0.3) is 22.5 Å². The van der Waals surface area contributed by atoms with Gasteiger partial charge in [0.1, 0.15) is 0 Å². The molecule has 34 heavy (non-hydrogen) atoms. The van der Waals surface area contributed by atoms with Crippen molar-refractivity contribution in [3.05, 3.63) is 59.9 Å². The second kappa shape index (κ2) is 10.9. The molecule has 0 aliphatic heterocycles. The van der Waals surface area contributed by atoms with E-state index in [4.69, 9.17) is 15.8 Å². The summed E-state index contributed by atoms with van der Waals surface area (Å²) in [4.78, 5) is 28.6. The lowest BCUT2D eigenvalue weighted by molar-refractivity contribution is 0.0941. The van der Waals surface area contributed by atoms with Crippen molar-refractivity contribution in [2.24, 2.45) is 17.6 Å². The number of carbonyl (C=O) groups is 2. The molecule has 0 spiro atoms. The van der Waals surface area contributed by atoms with Gasteiger partial charge in [0.05, 0.1) is 17.6 Å². The van der Waals surface area contributed by atoms with E-state index in [1.54, 1.807) is 18.5 Å². The van der Waals surface area contributed by atoms with Gasteiger partial charge in [-0.15, -0.1) is 0 Å². The predicted octanol–water partition coefficient (Wildman–Crippen LogP) is 3.40. The number of carbonyl (C=O) groups excluding carboxylic acids is 1. The SMILES string of the molecule is NCc1cccc(-c2cc(C(=O)NC[C@H]3CC[C@H](CNC(=O)O)CC3)cc(-c3cn[nH]c3)n2)c1. The Morgan fingerprint density at radius 1 is 1.00 bits per heavy atom. The molecule has 9 heteroatoms. The number of hydrogen-bond donors (Lipinski definition) is 5. The Morgan fingerprint density at radius 3 is 2.29 bits per heavy atom. The van der Waals surface area contributed by atoms with E-state index < -0.39 is 6.09 Å². The molecule has 0 bridgehead atoms. The molecule has 2 aromatic heterocycles. The van der Waals surface area contributed by atoms with Crippen LogP contribution < -0.4 is 16.4 Å². The Bertz CT molecular complexity index is 1120. The Hall–Kier alpha value is -3.72. The van der Waals surface area contributed by atoms with Crippen LogP contribution in [-0.2, 0) is 6.54 Å². The first-order valence-electron chi connectivity index (χ1n) is 11.6. The molecule has 0 saturated heterocycles. The van der Waals surface area contributed by atoms with Gasteiger partial charge in [-0.3, -0.25) is 9.89 Å². The van der Waals surface area contributed by atoms with Crippen LogP contribution in [0.5, 0.6) is 0 Å². The zero-order valence-electron chi connectivity index (χ0n) is 19.0. The second-order valence-electron chi connectivity index (χ2n) is 8.80. The van der Waals surface area contributed by atoms with Gasteiger partial charge in [0.25, 0.3) is 5.91 Å². The number of aromatic amines is 1. The number of amides is 2. The van der Waals surface area contributed by atoms with Gasteiger partial charge < -0.3 is 21.5 Å². The molecule has 0 atom stereocenters. The molecule has 3 aromatic rings. The molecule has 0 radical (unpaired) electrons. The maximum absolute atomic E-state index is 13.1. The lowest BCUT2D eigenvalue weighted by atomic mass is 9.82. The summed E-state index contributed by atoms with van der Waals surface area (Å²) in [6.07, 6.45) is 6.32. The third-order valence-electron chi connectivity index (χ3n) is 6.40. The minimum atomic E-state index is -0.976. The quantitative estimate of drug-likeness (QED) is 0.347. The number of nitrogens with two attached hydrogens (primary N) is 1. The van der Waals surface area contributed by atoms with Crippen LogP contribution in [0, 0.1) is 11.8 Å². The van der Waals surface area contributed by atoms with Gasteiger partial charge in [-0.2, -0.15) is 5.10 Å². The Morgan fingerprint density at radius 2 is 1.68 bits per heavy atom. The van der Waals surface area contributed by atoms with E-state index in [0.717, 1.165) is 42.4 Å². The van der Waals surface area contributed by atoms with Gasteiger partial charge in [0.15, 0.2) is 0 Å². The van der Waals surface area contributed by atoms with Crippen LogP contribution in [-0.4, -0.2) is 45.4 Å². The highest BCUT2D eigenvalue weighted by Gasteiger charge is 2.22. The number of rotatable bonds is 8. The monoisotopic (exact) mass is 462 g/mol. The van der Waals surface area contributed by atoms with Crippen molar-refractivity contribution in [1.82, 2.24) is 25.8 Å². The van der Waals surface area contributed by atoms with Crippen LogP contribution in [0.15, 0.2) is 48.8 Å². The number of carboxylic acid groups (broad SMARTS) is 1. The summed E-state index contributed by atoms with van der Waals surface area (Å²) in [6.45, 7) is 1.52. The zero-order valence-corrected chi connectivity index (χ0v) is 19.0. The average Bonchev–Trinajstić information content (AvgIpc) is 3.41. The van der Waals surface area contributed by atoms with Crippen LogP contribution in [0.1, 0.15) is 41.6 Å². The van der Waals surface area contributed by atoms with E-state index in [-0.39, 0.29) is 5.91 Å². The third kappa shape index (κ3) is 5.99. The first-order chi connectivity index (χ1) is 16.5. The first kappa shape index (κ1) is 23.4. The van der Waals surface area contributed by atoms with Crippen LogP contribution in [0.2, 0.25) is 0 Å². The van der Waals surface area contributed by atoms with Crippen molar-refractivity contribution in [2.75, 3.05) is 13.1 Å². The van der Waals surface area contributed by atoms with E-state index in [0.29, 0.717) is 48.4 Å². The van der Waals surface area contributed by atoms with Crippen LogP contribution in [0.4, 0.5) is 4.79 Å². The van der Waals surface area contributed by atoms with E-state index >= 15 is 0 Å². The second-order valence-corrected chi connectivity index (χ2v) is 8.80. The van der Waals surface area contributed by atoms with Crippen LogP contribution in [0.3, 0.4) is 0 Å².